The fourth-order valence-electron chi connectivity index (χ4n) is 3.40. The third-order valence-electron chi connectivity index (χ3n) is 5.30. The Balaban J connectivity index is 1.77. The van der Waals surface area contributed by atoms with Crippen molar-refractivity contribution >= 4 is 29.2 Å². The van der Waals surface area contributed by atoms with E-state index in [-0.39, 0.29) is 12.3 Å². The molecule has 29 heavy (non-hydrogen) atoms. The molecule has 1 N–H and O–H groups in total. The van der Waals surface area contributed by atoms with Crippen LogP contribution >= 0.6 is 0 Å². The molecular formula is C23H26N2O4. The maximum absolute atomic E-state index is 13.2. The number of rotatable bonds is 4. The predicted octanol–water partition coefficient (Wildman–Crippen LogP) is 3.54. The number of hydrogen-bond donors (Lipinski definition) is 1. The van der Waals surface area contributed by atoms with E-state index in [2.05, 4.69) is 5.32 Å². The number of nitrogens with one attached hydrogen (secondary N) is 1. The summed E-state index contributed by atoms with van der Waals surface area (Å²) in [5.74, 6) is -1.22. The molecule has 0 unspecified atom stereocenters. The van der Waals surface area contributed by atoms with Crippen LogP contribution in [0.4, 0.5) is 11.4 Å². The minimum absolute atomic E-state index is 0.0825. The van der Waals surface area contributed by atoms with Gasteiger partial charge in [-0.15, -0.1) is 0 Å². The van der Waals surface area contributed by atoms with E-state index in [4.69, 9.17) is 4.74 Å². The van der Waals surface area contributed by atoms with Crippen LogP contribution in [-0.4, -0.2) is 29.4 Å². The molecule has 0 fully saturated rings. The Morgan fingerprint density at radius 2 is 1.79 bits per heavy atom. The molecule has 0 bridgehead atoms. The van der Waals surface area contributed by atoms with Crippen molar-refractivity contribution in [3.8, 4) is 0 Å². The molecule has 6 heteroatoms. The van der Waals surface area contributed by atoms with E-state index in [0.29, 0.717) is 11.4 Å². The number of esters is 1. The molecule has 2 aromatic rings. The summed E-state index contributed by atoms with van der Waals surface area (Å²) in [4.78, 5) is 39.5. The van der Waals surface area contributed by atoms with Crippen molar-refractivity contribution < 1.29 is 19.1 Å². The summed E-state index contributed by atoms with van der Waals surface area (Å²) in [6.45, 7) is 8.86. The lowest BCUT2D eigenvalue weighted by atomic mass is 9.95. The number of aryl methyl sites for hydroxylation is 2. The van der Waals surface area contributed by atoms with Gasteiger partial charge in [-0.2, -0.15) is 0 Å². The third kappa shape index (κ3) is 4.01. The van der Waals surface area contributed by atoms with Crippen LogP contribution in [0.3, 0.4) is 0 Å². The molecule has 2 aromatic carbocycles. The smallest absolute Gasteiger partial charge is 0.311 e. The van der Waals surface area contributed by atoms with Crippen molar-refractivity contribution in [2.75, 3.05) is 10.2 Å². The number of benzene rings is 2. The number of carbonyl (C=O) groups excluding carboxylic acids is 3. The van der Waals surface area contributed by atoms with E-state index < -0.39 is 23.5 Å². The highest BCUT2D eigenvalue weighted by Crippen LogP contribution is 2.37. The largest absolute Gasteiger partial charge is 0.452 e. The Morgan fingerprint density at radius 1 is 1.10 bits per heavy atom. The summed E-state index contributed by atoms with van der Waals surface area (Å²) >= 11 is 0. The number of carbonyl (C=O) groups is 3. The van der Waals surface area contributed by atoms with E-state index in [9.17, 15) is 14.4 Å². The molecule has 2 amide bonds. The van der Waals surface area contributed by atoms with Crippen LogP contribution in [0.25, 0.3) is 0 Å². The van der Waals surface area contributed by atoms with Crippen molar-refractivity contribution in [3.63, 3.8) is 0 Å². The van der Waals surface area contributed by atoms with E-state index in [1.807, 2.05) is 32.0 Å². The van der Waals surface area contributed by atoms with Gasteiger partial charge in [0.1, 0.15) is 5.54 Å². The van der Waals surface area contributed by atoms with Crippen LogP contribution in [0.15, 0.2) is 42.5 Å². The summed E-state index contributed by atoms with van der Waals surface area (Å²) in [5, 5.41) is 2.82. The van der Waals surface area contributed by atoms with E-state index >= 15 is 0 Å². The number of hydrogen-bond acceptors (Lipinski definition) is 4. The Kier molecular flexibility index (Phi) is 5.46. The second-order valence-electron chi connectivity index (χ2n) is 7.93. The van der Waals surface area contributed by atoms with Crippen molar-refractivity contribution in [1.29, 1.82) is 0 Å². The van der Waals surface area contributed by atoms with Crippen molar-refractivity contribution in [3.05, 3.63) is 59.2 Å². The molecule has 0 saturated heterocycles. The standard InChI is InChI=1S/C23H26N2O4/c1-14-10-11-17(12-15(14)2)13-20(26)29-16(3)21(27)25-19-9-7-6-8-18(19)24-22(28)23(25,4)5/h6-12,16H,13H2,1-5H3,(H,24,28)/t16-/m0/s1. The van der Waals surface area contributed by atoms with Gasteiger partial charge in [0.2, 0.25) is 5.91 Å². The van der Waals surface area contributed by atoms with E-state index in [1.54, 1.807) is 38.1 Å². The van der Waals surface area contributed by atoms with Gasteiger partial charge < -0.3 is 10.1 Å². The molecule has 1 aliphatic heterocycles. The first-order valence-electron chi connectivity index (χ1n) is 9.61. The number of ether oxygens (including phenoxy) is 1. The van der Waals surface area contributed by atoms with Gasteiger partial charge in [-0.05, 0) is 63.4 Å². The topological polar surface area (TPSA) is 75.7 Å². The minimum atomic E-state index is -1.11. The Bertz CT molecular complexity index is 981. The van der Waals surface area contributed by atoms with Crippen molar-refractivity contribution in [1.82, 2.24) is 0 Å². The highest BCUT2D eigenvalue weighted by molar-refractivity contribution is 6.15. The predicted molar refractivity (Wildman–Crippen MR) is 112 cm³/mol. The summed E-state index contributed by atoms with van der Waals surface area (Å²) < 4.78 is 5.42. The molecule has 6 nitrogen and oxygen atoms in total. The summed E-state index contributed by atoms with van der Waals surface area (Å²) in [6.07, 6.45) is -0.938. The molecule has 0 saturated carbocycles. The zero-order valence-corrected chi connectivity index (χ0v) is 17.4. The van der Waals surface area contributed by atoms with Gasteiger partial charge >= 0.3 is 5.97 Å². The Morgan fingerprint density at radius 3 is 2.48 bits per heavy atom. The molecule has 0 radical (unpaired) electrons. The normalized spacial score (nSPS) is 15.9. The molecular weight excluding hydrogens is 368 g/mol. The number of amides is 2. The quantitative estimate of drug-likeness (QED) is 0.805. The van der Waals surface area contributed by atoms with Gasteiger partial charge in [0, 0.05) is 0 Å². The number of fused-ring (bicyclic) bond motifs is 1. The average molecular weight is 394 g/mol. The SMILES string of the molecule is Cc1ccc(CC(=O)O[C@@H](C)C(=O)N2c3ccccc3NC(=O)C2(C)C)cc1C. The summed E-state index contributed by atoms with van der Waals surface area (Å²) in [6, 6.07) is 12.9. The molecule has 1 atom stereocenters. The molecule has 0 aromatic heterocycles. The average Bonchev–Trinajstić information content (AvgIpc) is 2.65. The summed E-state index contributed by atoms with van der Waals surface area (Å²) in [7, 11) is 0. The van der Waals surface area contributed by atoms with Crippen LogP contribution in [-0.2, 0) is 25.5 Å². The Hall–Kier alpha value is -3.15. The highest BCUT2D eigenvalue weighted by Gasteiger charge is 2.45. The maximum atomic E-state index is 13.2. The number of nitrogens with zero attached hydrogens (tertiary/aromatic N) is 1. The molecule has 0 spiro atoms. The zero-order chi connectivity index (χ0) is 21.3. The summed E-state index contributed by atoms with van der Waals surface area (Å²) in [5.41, 5.74) is 3.10. The number of anilines is 2. The van der Waals surface area contributed by atoms with Crippen LogP contribution in [0.2, 0.25) is 0 Å². The third-order valence-corrected chi connectivity index (χ3v) is 5.30. The lowest BCUT2D eigenvalue weighted by Gasteiger charge is -2.42. The lowest BCUT2D eigenvalue weighted by Crippen LogP contribution is -2.60. The molecule has 0 aliphatic carbocycles. The van der Waals surface area contributed by atoms with Gasteiger partial charge in [-0.3, -0.25) is 19.3 Å². The van der Waals surface area contributed by atoms with Crippen molar-refractivity contribution in [2.45, 2.75) is 52.7 Å². The maximum Gasteiger partial charge on any atom is 0.311 e. The fourth-order valence-corrected chi connectivity index (χ4v) is 3.40. The van der Waals surface area contributed by atoms with Crippen LogP contribution in [0, 0.1) is 13.8 Å². The van der Waals surface area contributed by atoms with Crippen LogP contribution in [0.5, 0.6) is 0 Å². The minimum Gasteiger partial charge on any atom is -0.452 e. The van der Waals surface area contributed by atoms with Gasteiger partial charge in [0.05, 0.1) is 17.8 Å². The first kappa shape index (κ1) is 20.6. The van der Waals surface area contributed by atoms with Crippen LogP contribution < -0.4 is 10.2 Å². The van der Waals surface area contributed by atoms with E-state index in [1.165, 1.54) is 11.8 Å². The van der Waals surface area contributed by atoms with Gasteiger partial charge in [-0.25, -0.2) is 0 Å². The molecule has 1 heterocycles. The van der Waals surface area contributed by atoms with Crippen molar-refractivity contribution in [2.24, 2.45) is 0 Å². The molecule has 3 rings (SSSR count). The number of para-hydroxylation sites is 2. The monoisotopic (exact) mass is 394 g/mol. The first-order chi connectivity index (χ1) is 13.6. The van der Waals surface area contributed by atoms with Gasteiger partial charge in [-0.1, -0.05) is 30.3 Å². The second kappa shape index (κ2) is 7.70. The highest BCUT2D eigenvalue weighted by atomic mass is 16.5. The van der Waals surface area contributed by atoms with Gasteiger partial charge in [0.25, 0.3) is 5.91 Å². The lowest BCUT2D eigenvalue weighted by molar-refractivity contribution is -0.153. The van der Waals surface area contributed by atoms with E-state index in [0.717, 1.165) is 16.7 Å². The van der Waals surface area contributed by atoms with Gasteiger partial charge in [0.15, 0.2) is 6.10 Å². The molecule has 152 valence electrons. The fraction of sp³-hybridized carbons (Fsp3) is 0.348. The Labute approximate surface area is 170 Å². The second-order valence-corrected chi connectivity index (χ2v) is 7.93. The molecule has 1 aliphatic rings. The zero-order valence-electron chi connectivity index (χ0n) is 17.4. The van der Waals surface area contributed by atoms with Crippen LogP contribution in [0.1, 0.15) is 37.5 Å². The first-order valence-corrected chi connectivity index (χ1v) is 9.61.